The molecule has 2 aliphatic heterocycles. The largest absolute Gasteiger partial charge is 0.481 e. The summed E-state index contributed by atoms with van der Waals surface area (Å²) in [5, 5.41) is 10.6. The first-order valence-corrected chi connectivity index (χ1v) is 12.1. The number of aliphatic hydroxyl groups excluding tert-OH is 1. The van der Waals surface area contributed by atoms with Gasteiger partial charge < -0.3 is 19.6 Å². The van der Waals surface area contributed by atoms with Gasteiger partial charge in [-0.3, -0.25) is 9.69 Å². The highest BCUT2D eigenvalue weighted by Crippen LogP contribution is 2.42. The van der Waals surface area contributed by atoms with Crippen LogP contribution in [0, 0.1) is 0 Å². The van der Waals surface area contributed by atoms with Crippen LogP contribution in [0.1, 0.15) is 25.3 Å². The number of nitrogens with zero attached hydrogens (tertiary/aromatic N) is 5. The predicted octanol–water partition coefficient (Wildman–Crippen LogP) is 3.11. The van der Waals surface area contributed by atoms with Crippen molar-refractivity contribution in [1.82, 2.24) is 19.8 Å². The normalized spacial score (nSPS) is 17.8. The van der Waals surface area contributed by atoms with Gasteiger partial charge in [-0.25, -0.2) is 14.8 Å². The van der Waals surface area contributed by atoms with Crippen molar-refractivity contribution in [2.24, 2.45) is 0 Å². The van der Waals surface area contributed by atoms with Crippen LogP contribution in [0.3, 0.4) is 0 Å². The molecule has 0 radical (unpaired) electrons. The van der Waals surface area contributed by atoms with E-state index in [2.05, 4.69) is 11.1 Å². The minimum atomic E-state index is -1.01. The number of aromatic nitrogens is 2. The van der Waals surface area contributed by atoms with Crippen LogP contribution in [0.4, 0.5) is 10.5 Å². The summed E-state index contributed by atoms with van der Waals surface area (Å²) in [6.45, 7) is 3.02. The lowest BCUT2D eigenvalue weighted by Crippen LogP contribution is -2.55. The van der Waals surface area contributed by atoms with E-state index in [4.69, 9.17) is 9.72 Å². The number of piperidine rings is 1. The highest BCUT2D eigenvalue weighted by Gasteiger charge is 2.38. The number of rotatable bonds is 4. The van der Waals surface area contributed by atoms with Gasteiger partial charge in [0.2, 0.25) is 5.88 Å². The van der Waals surface area contributed by atoms with Crippen LogP contribution in [0.2, 0.25) is 0 Å². The number of hydrogen-bond donors (Lipinski definition) is 1. The van der Waals surface area contributed by atoms with E-state index in [0.717, 1.165) is 31.9 Å². The number of fused-ring (bicyclic) bond motifs is 3. The molecule has 0 aromatic carbocycles. The molecule has 5 heterocycles. The summed E-state index contributed by atoms with van der Waals surface area (Å²) in [6, 6.07) is 5.81. The molecule has 1 saturated heterocycles. The van der Waals surface area contributed by atoms with Crippen molar-refractivity contribution in [3.05, 3.63) is 36.2 Å². The van der Waals surface area contributed by atoms with Crippen LogP contribution >= 0.6 is 11.3 Å². The van der Waals surface area contributed by atoms with Crippen LogP contribution in [0.15, 0.2) is 30.6 Å². The van der Waals surface area contributed by atoms with Crippen LogP contribution in [0.5, 0.6) is 5.88 Å². The number of aliphatic hydroxyl groups is 1. The molecule has 3 aromatic heterocycles. The highest BCUT2D eigenvalue weighted by atomic mass is 32.1. The minimum absolute atomic E-state index is 0.0383. The van der Waals surface area contributed by atoms with Crippen molar-refractivity contribution in [3.63, 3.8) is 0 Å². The Morgan fingerprint density at radius 1 is 1.24 bits per heavy atom. The Morgan fingerprint density at radius 2 is 2.00 bits per heavy atom. The molecular weight excluding hydrogens is 454 g/mol. The van der Waals surface area contributed by atoms with Gasteiger partial charge in [0.25, 0.3) is 5.91 Å². The zero-order valence-electron chi connectivity index (χ0n) is 19.4. The number of likely N-dealkylation sites (tertiary alicyclic amines) is 1. The van der Waals surface area contributed by atoms with Crippen molar-refractivity contribution >= 4 is 39.2 Å². The lowest BCUT2D eigenvalue weighted by molar-refractivity contribution is -0.140. The number of anilines is 1. The van der Waals surface area contributed by atoms with Crippen molar-refractivity contribution in [1.29, 1.82) is 0 Å². The molecule has 9 nitrogen and oxygen atoms in total. The van der Waals surface area contributed by atoms with Gasteiger partial charge in [-0.05, 0) is 31.9 Å². The second-order valence-electron chi connectivity index (χ2n) is 8.79. The Balaban J connectivity index is 1.51. The van der Waals surface area contributed by atoms with E-state index in [9.17, 15) is 14.7 Å². The first kappa shape index (κ1) is 22.5. The molecule has 0 spiro atoms. The zero-order valence-corrected chi connectivity index (χ0v) is 20.2. The molecule has 3 amide bonds. The van der Waals surface area contributed by atoms with Crippen molar-refractivity contribution in [2.45, 2.75) is 38.5 Å². The molecule has 1 N–H and O–H groups in total. The monoisotopic (exact) mass is 481 g/mol. The average molecular weight is 482 g/mol. The number of pyridine rings is 2. The Bertz CT molecular complexity index is 1230. The van der Waals surface area contributed by atoms with Crippen molar-refractivity contribution in [3.8, 4) is 16.3 Å². The first-order chi connectivity index (χ1) is 16.4. The van der Waals surface area contributed by atoms with Gasteiger partial charge in [-0.1, -0.05) is 0 Å². The minimum Gasteiger partial charge on any atom is -0.481 e. The fourth-order valence-corrected chi connectivity index (χ4v) is 5.75. The summed E-state index contributed by atoms with van der Waals surface area (Å²) in [6.07, 6.45) is 3.94. The smallest absolute Gasteiger partial charge is 0.324 e. The second kappa shape index (κ2) is 8.84. The quantitative estimate of drug-likeness (QED) is 0.615. The van der Waals surface area contributed by atoms with Crippen LogP contribution in [0.25, 0.3) is 20.7 Å². The number of thiophene rings is 1. The van der Waals surface area contributed by atoms with E-state index in [-0.39, 0.29) is 18.0 Å². The van der Waals surface area contributed by atoms with E-state index in [1.165, 1.54) is 6.92 Å². The SMILES string of the molecule is COc1ccc(-c2cc3c4c(cnc3s2)CN(C)C(=O)N4C2CCN(C(=O)[C@@H](C)O)CC2)cn1. The van der Waals surface area contributed by atoms with Gasteiger partial charge in [0.1, 0.15) is 10.9 Å². The number of ether oxygens (including phenoxy) is 1. The zero-order chi connectivity index (χ0) is 24.0. The standard InChI is InChI=1S/C24H27N5O4S/c1-14(30)23(31)28-8-6-17(7-9-28)29-21-16(13-27(2)24(29)32)12-26-22-18(21)10-19(34-22)15-4-5-20(33-3)25-11-15/h4-5,10-12,14,17,30H,6-9,13H2,1-3H3/t14-/m1/s1. The van der Waals surface area contributed by atoms with Gasteiger partial charge >= 0.3 is 6.03 Å². The van der Waals surface area contributed by atoms with Crippen molar-refractivity contribution < 1.29 is 19.4 Å². The van der Waals surface area contributed by atoms with Gasteiger partial charge in [0.15, 0.2) is 0 Å². The van der Waals surface area contributed by atoms with E-state index >= 15 is 0 Å². The molecule has 2 aliphatic rings. The molecule has 0 saturated carbocycles. The van der Waals surface area contributed by atoms with Gasteiger partial charge in [-0.2, -0.15) is 0 Å². The summed E-state index contributed by atoms with van der Waals surface area (Å²) in [7, 11) is 3.39. The lowest BCUT2D eigenvalue weighted by Gasteiger charge is -2.43. The maximum absolute atomic E-state index is 13.4. The average Bonchev–Trinajstić information content (AvgIpc) is 3.29. The molecule has 3 aromatic rings. The van der Waals surface area contributed by atoms with E-state index in [1.54, 1.807) is 41.5 Å². The molecule has 178 valence electrons. The maximum atomic E-state index is 13.4. The summed E-state index contributed by atoms with van der Waals surface area (Å²) < 4.78 is 5.17. The van der Waals surface area contributed by atoms with Crippen LogP contribution in [-0.4, -0.2) is 76.2 Å². The maximum Gasteiger partial charge on any atom is 0.324 e. The molecule has 0 unspecified atom stereocenters. The molecule has 34 heavy (non-hydrogen) atoms. The van der Waals surface area contributed by atoms with Crippen LogP contribution in [-0.2, 0) is 11.3 Å². The second-order valence-corrected chi connectivity index (χ2v) is 9.82. The number of amides is 3. The molecule has 1 atom stereocenters. The van der Waals surface area contributed by atoms with E-state index < -0.39 is 6.10 Å². The number of urea groups is 1. The van der Waals surface area contributed by atoms with E-state index in [0.29, 0.717) is 38.4 Å². The molecule has 10 heteroatoms. The number of carbonyl (C=O) groups excluding carboxylic acids is 2. The van der Waals surface area contributed by atoms with Crippen LogP contribution < -0.4 is 9.64 Å². The fraction of sp³-hybridized carbons (Fsp3) is 0.417. The lowest BCUT2D eigenvalue weighted by atomic mass is 9.99. The number of carbonyl (C=O) groups is 2. The van der Waals surface area contributed by atoms with Crippen molar-refractivity contribution in [2.75, 3.05) is 32.1 Å². The Morgan fingerprint density at radius 3 is 2.65 bits per heavy atom. The topological polar surface area (TPSA) is 99.1 Å². The van der Waals surface area contributed by atoms with Gasteiger partial charge in [0.05, 0.1) is 19.3 Å². The Labute approximate surface area is 201 Å². The molecule has 1 fully saturated rings. The predicted molar refractivity (Wildman–Crippen MR) is 130 cm³/mol. The Hall–Kier alpha value is -3.24. The molecule has 5 rings (SSSR count). The van der Waals surface area contributed by atoms with E-state index in [1.807, 2.05) is 23.2 Å². The summed E-state index contributed by atoms with van der Waals surface area (Å²) in [4.78, 5) is 41.8. The Kier molecular flexibility index (Phi) is 5.86. The third kappa shape index (κ3) is 3.86. The highest BCUT2D eigenvalue weighted by molar-refractivity contribution is 7.22. The molecule has 0 aliphatic carbocycles. The van der Waals surface area contributed by atoms with Gasteiger partial charge in [-0.15, -0.1) is 11.3 Å². The number of methoxy groups -OCH3 is 1. The fourth-order valence-electron chi connectivity index (χ4n) is 4.76. The molecule has 0 bridgehead atoms. The summed E-state index contributed by atoms with van der Waals surface area (Å²) in [5.41, 5.74) is 2.89. The number of hydrogen-bond acceptors (Lipinski definition) is 7. The summed E-state index contributed by atoms with van der Waals surface area (Å²) in [5.74, 6) is 0.295. The third-order valence-corrected chi connectivity index (χ3v) is 7.61. The van der Waals surface area contributed by atoms with Gasteiger partial charge in [0, 0.05) is 66.0 Å². The third-order valence-electron chi connectivity index (χ3n) is 6.52. The summed E-state index contributed by atoms with van der Waals surface area (Å²) >= 11 is 1.57. The first-order valence-electron chi connectivity index (χ1n) is 11.3. The molecular formula is C24H27N5O4S.